The van der Waals surface area contributed by atoms with Gasteiger partial charge < -0.3 is 10.1 Å². The number of benzene rings is 1. The van der Waals surface area contributed by atoms with Gasteiger partial charge in [0.2, 0.25) is 0 Å². The molecule has 0 aromatic heterocycles. The Labute approximate surface area is 107 Å². The van der Waals surface area contributed by atoms with Gasteiger partial charge in [-0.05, 0) is 33.0 Å². The number of rotatable bonds is 7. The Hall–Kier alpha value is -1.88. The van der Waals surface area contributed by atoms with E-state index >= 15 is 0 Å². The van der Waals surface area contributed by atoms with Crippen LogP contribution in [-0.4, -0.2) is 25.1 Å². The molecule has 1 aromatic rings. The average molecular weight is 250 g/mol. The molecular weight excluding hydrogens is 232 g/mol. The van der Waals surface area contributed by atoms with Crippen LogP contribution in [0.4, 0.5) is 5.69 Å². The largest absolute Gasteiger partial charge is 0.493 e. The molecule has 0 saturated heterocycles. The standard InChI is InChI=1S/C13H18N2O3/c1-3-18-13-8-7-12(15(16)17)10-11(13)6-4-5-9-14-2/h4,6-8,10,14H,3,5,9H2,1-2H3. The fourth-order valence-electron chi connectivity index (χ4n) is 1.50. The van der Waals surface area contributed by atoms with Gasteiger partial charge in [0, 0.05) is 17.7 Å². The highest BCUT2D eigenvalue weighted by Gasteiger charge is 2.09. The minimum Gasteiger partial charge on any atom is -0.493 e. The van der Waals surface area contributed by atoms with E-state index in [-0.39, 0.29) is 5.69 Å². The lowest BCUT2D eigenvalue weighted by Gasteiger charge is -2.06. The van der Waals surface area contributed by atoms with Gasteiger partial charge >= 0.3 is 0 Å². The molecule has 0 bridgehead atoms. The van der Waals surface area contributed by atoms with Crippen LogP contribution in [0.1, 0.15) is 18.9 Å². The van der Waals surface area contributed by atoms with Crippen LogP contribution in [0.25, 0.3) is 6.08 Å². The first-order valence-electron chi connectivity index (χ1n) is 5.91. The van der Waals surface area contributed by atoms with Crippen LogP contribution in [0, 0.1) is 10.1 Å². The quantitative estimate of drug-likeness (QED) is 0.459. The number of nitro groups is 1. The zero-order valence-corrected chi connectivity index (χ0v) is 10.7. The summed E-state index contributed by atoms with van der Waals surface area (Å²) in [5, 5.41) is 13.8. The normalized spacial score (nSPS) is 10.8. The average Bonchev–Trinajstić information content (AvgIpc) is 2.36. The zero-order valence-electron chi connectivity index (χ0n) is 10.7. The van der Waals surface area contributed by atoms with Crippen molar-refractivity contribution >= 4 is 11.8 Å². The third-order valence-electron chi connectivity index (χ3n) is 2.36. The molecule has 98 valence electrons. The van der Waals surface area contributed by atoms with Crippen molar-refractivity contribution in [1.82, 2.24) is 5.32 Å². The third-order valence-corrected chi connectivity index (χ3v) is 2.36. The molecule has 0 heterocycles. The Balaban J connectivity index is 2.92. The fourth-order valence-corrected chi connectivity index (χ4v) is 1.50. The van der Waals surface area contributed by atoms with Gasteiger partial charge in [-0.1, -0.05) is 12.2 Å². The molecule has 1 rings (SSSR count). The summed E-state index contributed by atoms with van der Waals surface area (Å²) < 4.78 is 5.44. The van der Waals surface area contributed by atoms with Crippen molar-refractivity contribution in [2.45, 2.75) is 13.3 Å². The van der Waals surface area contributed by atoms with Gasteiger partial charge in [0.05, 0.1) is 11.5 Å². The second kappa shape index (κ2) is 7.45. The molecule has 0 amide bonds. The van der Waals surface area contributed by atoms with Crippen LogP contribution in [0.15, 0.2) is 24.3 Å². The Morgan fingerprint density at radius 3 is 2.89 bits per heavy atom. The van der Waals surface area contributed by atoms with Gasteiger partial charge in [-0.15, -0.1) is 0 Å². The van der Waals surface area contributed by atoms with Crippen LogP contribution in [-0.2, 0) is 0 Å². The molecule has 0 aliphatic heterocycles. The lowest BCUT2D eigenvalue weighted by Crippen LogP contribution is -2.05. The number of ether oxygens (including phenoxy) is 1. The van der Waals surface area contributed by atoms with E-state index < -0.39 is 4.92 Å². The SMILES string of the molecule is CCOc1ccc([N+](=O)[O-])cc1C=CCCNC. The van der Waals surface area contributed by atoms with Crippen LogP contribution in [0.3, 0.4) is 0 Å². The number of hydrogen-bond donors (Lipinski definition) is 1. The minimum absolute atomic E-state index is 0.0757. The van der Waals surface area contributed by atoms with Gasteiger partial charge in [0.1, 0.15) is 5.75 Å². The Bertz CT molecular complexity index is 430. The highest BCUT2D eigenvalue weighted by molar-refractivity contribution is 5.61. The molecule has 0 radical (unpaired) electrons. The second-order valence-electron chi connectivity index (χ2n) is 3.71. The summed E-state index contributed by atoms with van der Waals surface area (Å²) in [6, 6.07) is 4.62. The van der Waals surface area contributed by atoms with E-state index in [1.54, 1.807) is 6.07 Å². The maximum atomic E-state index is 10.7. The van der Waals surface area contributed by atoms with Crippen LogP contribution < -0.4 is 10.1 Å². The molecule has 0 aliphatic rings. The van der Waals surface area contributed by atoms with Crippen LogP contribution in [0.2, 0.25) is 0 Å². The van der Waals surface area contributed by atoms with Crippen molar-refractivity contribution < 1.29 is 9.66 Å². The fraction of sp³-hybridized carbons (Fsp3) is 0.385. The number of nitrogens with one attached hydrogen (secondary N) is 1. The topological polar surface area (TPSA) is 64.4 Å². The zero-order chi connectivity index (χ0) is 13.4. The number of nitrogens with zero attached hydrogens (tertiary/aromatic N) is 1. The molecule has 0 unspecified atom stereocenters. The van der Waals surface area contributed by atoms with Gasteiger partial charge in [0.15, 0.2) is 0 Å². The molecule has 5 heteroatoms. The first kappa shape index (κ1) is 14.2. The van der Waals surface area contributed by atoms with E-state index in [0.717, 1.165) is 18.5 Å². The predicted octanol–water partition coefficient (Wildman–Crippen LogP) is 2.62. The molecule has 0 fully saturated rings. The molecule has 18 heavy (non-hydrogen) atoms. The molecule has 1 N–H and O–H groups in total. The molecule has 0 atom stereocenters. The molecular formula is C13H18N2O3. The lowest BCUT2D eigenvalue weighted by molar-refractivity contribution is -0.384. The minimum atomic E-state index is -0.402. The van der Waals surface area contributed by atoms with Crippen molar-refractivity contribution in [1.29, 1.82) is 0 Å². The Morgan fingerprint density at radius 2 is 2.28 bits per heavy atom. The van der Waals surface area contributed by atoms with Crippen molar-refractivity contribution in [3.8, 4) is 5.75 Å². The summed E-state index contributed by atoms with van der Waals surface area (Å²) >= 11 is 0. The van der Waals surface area contributed by atoms with Crippen molar-refractivity contribution in [3.05, 3.63) is 40.0 Å². The monoisotopic (exact) mass is 250 g/mol. The maximum Gasteiger partial charge on any atom is 0.270 e. The van der Waals surface area contributed by atoms with Crippen LogP contribution in [0.5, 0.6) is 5.75 Å². The highest BCUT2D eigenvalue weighted by Crippen LogP contribution is 2.25. The van der Waals surface area contributed by atoms with Gasteiger partial charge in [-0.2, -0.15) is 0 Å². The highest BCUT2D eigenvalue weighted by atomic mass is 16.6. The van der Waals surface area contributed by atoms with Crippen LogP contribution >= 0.6 is 0 Å². The predicted molar refractivity (Wildman–Crippen MR) is 71.8 cm³/mol. The summed E-state index contributed by atoms with van der Waals surface area (Å²) in [4.78, 5) is 10.3. The van der Waals surface area contributed by atoms with Gasteiger partial charge in [-0.3, -0.25) is 10.1 Å². The number of hydrogen-bond acceptors (Lipinski definition) is 4. The van der Waals surface area contributed by atoms with E-state index in [9.17, 15) is 10.1 Å². The van der Waals surface area contributed by atoms with E-state index in [0.29, 0.717) is 12.4 Å². The summed E-state index contributed by atoms with van der Waals surface area (Å²) in [5.41, 5.74) is 0.814. The van der Waals surface area contributed by atoms with Crippen molar-refractivity contribution in [3.63, 3.8) is 0 Å². The Kier molecular flexibility index (Phi) is 5.87. The van der Waals surface area contributed by atoms with E-state index in [2.05, 4.69) is 5.32 Å². The summed E-state index contributed by atoms with van der Waals surface area (Å²) in [6.45, 7) is 3.29. The molecule has 1 aromatic carbocycles. The number of nitro benzene ring substituents is 1. The van der Waals surface area contributed by atoms with Gasteiger partial charge in [-0.25, -0.2) is 0 Å². The summed E-state index contributed by atoms with van der Waals surface area (Å²) in [5.74, 6) is 0.670. The second-order valence-corrected chi connectivity index (χ2v) is 3.71. The molecule has 0 saturated carbocycles. The maximum absolute atomic E-state index is 10.7. The van der Waals surface area contributed by atoms with Crippen molar-refractivity contribution in [2.24, 2.45) is 0 Å². The number of non-ortho nitro benzene ring substituents is 1. The lowest BCUT2D eigenvalue weighted by atomic mass is 10.1. The Morgan fingerprint density at radius 1 is 1.50 bits per heavy atom. The van der Waals surface area contributed by atoms with Crippen molar-refractivity contribution in [2.75, 3.05) is 20.2 Å². The summed E-state index contributed by atoms with van der Waals surface area (Å²) in [7, 11) is 1.88. The van der Waals surface area contributed by atoms with E-state index in [4.69, 9.17) is 4.74 Å². The smallest absolute Gasteiger partial charge is 0.270 e. The molecule has 5 nitrogen and oxygen atoms in total. The summed E-state index contributed by atoms with van der Waals surface area (Å²) in [6.07, 6.45) is 4.69. The molecule has 0 spiro atoms. The first-order chi connectivity index (χ1) is 8.69. The first-order valence-corrected chi connectivity index (χ1v) is 5.91. The van der Waals surface area contributed by atoms with E-state index in [1.165, 1.54) is 12.1 Å². The van der Waals surface area contributed by atoms with E-state index in [1.807, 2.05) is 26.1 Å². The third kappa shape index (κ3) is 4.18. The van der Waals surface area contributed by atoms with Gasteiger partial charge in [0.25, 0.3) is 5.69 Å². The molecule has 0 aliphatic carbocycles.